The Balaban J connectivity index is 2.22. The maximum Gasteiger partial charge on any atom is 0.175 e. The first-order chi connectivity index (χ1) is 10.3. The van der Waals surface area contributed by atoms with Crippen molar-refractivity contribution in [3.05, 3.63) is 53.8 Å². The molecule has 0 aromatic heterocycles. The molecular formula is C16H18FNO3S. The van der Waals surface area contributed by atoms with Crippen LogP contribution in [0.25, 0.3) is 0 Å². The molecule has 0 unspecified atom stereocenters. The van der Waals surface area contributed by atoms with Gasteiger partial charge in [-0.1, -0.05) is 12.1 Å². The van der Waals surface area contributed by atoms with Crippen LogP contribution in [0.5, 0.6) is 5.75 Å². The molecule has 0 heterocycles. The summed E-state index contributed by atoms with van der Waals surface area (Å²) in [6.45, 7) is 1.90. The van der Waals surface area contributed by atoms with Gasteiger partial charge in [0.15, 0.2) is 9.84 Å². The molecule has 0 saturated carbocycles. The quantitative estimate of drug-likeness (QED) is 0.916. The van der Waals surface area contributed by atoms with Crippen molar-refractivity contribution in [3.63, 3.8) is 0 Å². The highest BCUT2D eigenvalue weighted by molar-refractivity contribution is 7.90. The van der Waals surface area contributed by atoms with Gasteiger partial charge in [-0.25, -0.2) is 12.8 Å². The fraction of sp³-hybridized carbons (Fsp3) is 0.250. The second-order valence-electron chi connectivity index (χ2n) is 5.05. The lowest BCUT2D eigenvalue weighted by molar-refractivity contribution is 0.415. The molecule has 0 fully saturated rings. The number of benzene rings is 2. The summed E-state index contributed by atoms with van der Waals surface area (Å²) < 4.78 is 41.5. The van der Waals surface area contributed by atoms with E-state index in [9.17, 15) is 12.8 Å². The van der Waals surface area contributed by atoms with Crippen LogP contribution >= 0.6 is 0 Å². The summed E-state index contributed by atoms with van der Waals surface area (Å²) in [5, 5.41) is 3.16. The van der Waals surface area contributed by atoms with Crippen molar-refractivity contribution in [2.45, 2.75) is 17.9 Å². The normalized spacial score (nSPS) is 12.7. The number of anilines is 1. The predicted molar refractivity (Wildman–Crippen MR) is 84.5 cm³/mol. The molecular weight excluding hydrogens is 305 g/mol. The summed E-state index contributed by atoms with van der Waals surface area (Å²) >= 11 is 0. The molecule has 0 bridgehead atoms. The SMILES string of the molecule is COc1ccc(F)cc1N[C@@H](C)c1ccc(S(C)(=O)=O)cc1. The second-order valence-corrected chi connectivity index (χ2v) is 7.07. The van der Waals surface area contributed by atoms with Gasteiger partial charge in [0.2, 0.25) is 0 Å². The number of rotatable bonds is 5. The molecule has 0 aliphatic rings. The van der Waals surface area contributed by atoms with Gasteiger partial charge >= 0.3 is 0 Å². The molecule has 0 spiro atoms. The average Bonchev–Trinajstić information content (AvgIpc) is 2.46. The van der Waals surface area contributed by atoms with Gasteiger partial charge in [-0.15, -0.1) is 0 Å². The zero-order valence-electron chi connectivity index (χ0n) is 12.6. The van der Waals surface area contributed by atoms with Gasteiger partial charge in [0.05, 0.1) is 17.7 Å². The van der Waals surface area contributed by atoms with Crippen molar-refractivity contribution < 1.29 is 17.5 Å². The van der Waals surface area contributed by atoms with E-state index >= 15 is 0 Å². The highest BCUT2D eigenvalue weighted by atomic mass is 32.2. The lowest BCUT2D eigenvalue weighted by atomic mass is 10.1. The minimum Gasteiger partial charge on any atom is -0.495 e. The predicted octanol–water partition coefficient (Wildman–Crippen LogP) is 3.41. The number of sulfone groups is 1. The summed E-state index contributed by atoms with van der Waals surface area (Å²) in [6, 6.07) is 10.7. The molecule has 1 N–H and O–H groups in total. The van der Waals surface area contributed by atoms with Crippen LogP contribution in [0.1, 0.15) is 18.5 Å². The van der Waals surface area contributed by atoms with E-state index in [1.54, 1.807) is 30.3 Å². The van der Waals surface area contributed by atoms with Gasteiger partial charge < -0.3 is 10.1 Å². The number of halogens is 1. The Hall–Kier alpha value is -2.08. The van der Waals surface area contributed by atoms with Crippen molar-refractivity contribution in [1.82, 2.24) is 0 Å². The molecule has 2 aromatic rings. The lowest BCUT2D eigenvalue weighted by Gasteiger charge is -2.18. The van der Waals surface area contributed by atoms with E-state index < -0.39 is 9.84 Å². The monoisotopic (exact) mass is 323 g/mol. The molecule has 6 heteroatoms. The van der Waals surface area contributed by atoms with Crippen molar-refractivity contribution in [1.29, 1.82) is 0 Å². The molecule has 118 valence electrons. The van der Waals surface area contributed by atoms with Crippen LogP contribution in [0.15, 0.2) is 47.4 Å². The van der Waals surface area contributed by atoms with Gasteiger partial charge in [-0.2, -0.15) is 0 Å². The van der Waals surface area contributed by atoms with E-state index in [4.69, 9.17) is 4.74 Å². The first-order valence-electron chi connectivity index (χ1n) is 6.71. The first kappa shape index (κ1) is 16.3. The van der Waals surface area contributed by atoms with Gasteiger partial charge in [0, 0.05) is 18.4 Å². The van der Waals surface area contributed by atoms with Gasteiger partial charge in [-0.3, -0.25) is 0 Å². The molecule has 0 aliphatic heterocycles. The topological polar surface area (TPSA) is 55.4 Å². The molecule has 2 aromatic carbocycles. The molecule has 0 saturated heterocycles. The van der Waals surface area contributed by atoms with Crippen LogP contribution in [-0.2, 0) is 9.84 Å². The van der Waals surface area contributed by atoms with Crippen LogP contribution in [0, 0.1) is 5.82 Å². The van der Waals surface area contributed by atoms with E-state index in [1.165, 1.54) is 25.5 Å². The van der Waals surface area contributed by atoms with Gasteiger partial charge in [-0.05, 0) is 36.8 Å². The minimum atomic E-state index is -3.21. The summed E-state index contributed by atoms with van der Waals surface area (Å²) in [4.78, 5) is 0.270. The highest BCUT2D eigenvalue weighted by Gasteiger charge is 2.12. The molecule has 1 atom stereocenters. The van der Waals surface area contributed by atoms with Crippen molar-refractivity contribution in [2.75, 3.05) is 18.7 Å². The standard InChI is InChI=1S/C16H18FNO3S/c1-11(12-4-7-14(8-5-12)22(3,19)20)18-15-10-13(17)6-9-16(15)21-2/h4-11,18H,1-3H3/t11-/m0/s1. The lowest BCUT2D eigenvalue weighted by Crippen LogP contribution is -2.08. The molecule has 0 amide bonds. The van der Waals surface area contributed by atoms with E-state index in [0.717, 1.165) is 5.56 Å². The van der Waals surface area contributed by atoms with Gasteiger partial charge in [0.1, 0.15) is 11.6 Å². The van der Waals surface area contributed by atoms with Crippen LogP contribution in [0.3, 0.4) is 0 Å². The molecule has 0 radical (unpaired) electrons. The number of methoxy groups -OCH3 is 1. The first-order valence-corrected chi connectivity index (χ1v) is 8.60. The summed E-state index contributed by atoms with van der Waals surface area (Å²) in [7, 11) is -1.69. The summed E-state index contributed by atoms with van der Waals surface area (Å²) in [6.07, 6.45) is 1.17. The fourth-order valence-corrected chi connectivity index (χ4v) is 2.74. The third-order valence-corrected chi connectivity index (χ3v) is 4.47. The number of nitrogens with one attached hydrogen (secondary N) is 1. The van der Waals surface area contributed by atoms with Crippen molar-refractivity contribution in [3.8, 4) is 5.75 Å². The maximum atomic E-state index is 13.4. The second kappa shape index (κ2) is 6.36. The van der Waals surface area contributed by atoms with Crippen molar-refractivity contribution >= 4 is 15.5 Å². The smallest absolute Gasteiger partial charge is 0.175 e. The van der Waals surface area contributed by atoms with Crippen LogP contribution in [0.2, 0.25) is 0 Å². The van der Waals surface area contributed by atoms with Crippen LogP contribution in [-0.4, -0.2) is 21.8 Å². The Kier molecular flexibility index (Phi) is 4.71. The number of hydrogen-bond acceptors (Lipinski definition) is 4. The third-order valence-electron chi connectivity index (χ3n) is 3.34. The zero-order valence-corrected chi connectivity index (χ0v) is 13.4. The Bertz CT molecular complexity index is 757. The Morgan fingerprint density at radius 2 is 1.77 bits per heavy atom. The number of ether oxygens (including phenoxy) is 1. The summed E-state index contributed by atoms with van der Waals surface area (Å²) in [5.41, 5.74) is 1.43. The van der Waals surface area contributed by atoms with Crippen molar-refractivity contribution in [2.24, 2.45) is 0 Å². The minimum absolute atomic E-state index is 0.135. The van der Waals surface area contributed by atoms with E-state index in [2.05, 4.69) is 5.32 Å². The van der Waals surface area contributed by atoms with E-state index in [0.29, 0.717) is 11.4 Å². The Morgan fingerprint density at radius 3 is 2.32 bits per heavy atom. The average molecular weight is 323 g/mol. The molecule has 4 nitrogen and oxygen atoms in total. The summed E-state index contributed by atoms with van der Waals surface area (Å²) in [5.74, 6) is 0.184. The zero-order chi connectivity index (χ0) is 16.3. The third kappa shape index (κ3) is 3.76. The van der Waals surface area contributed by atoms with Gasteiger partial charge in [0.25, 0.3) is 0 Å². The van der Waals surface area contributed by atoms with E-state index in [1.807, 2.05) is 6.92 Å². The van der Waals surface area contributed by atoms with Crippen LogP contribution in [0.4, 0.5) is 10.1 Å². The van der Waals surface area contributed by atoms with Crippen LogP contribution < -0.4 is 10.1 Å². The van der Waals surface area contributed by atoms with E-state index in [-0.39, 0.29) is 16.8 Å². The number of hydrogen-bond donors (Lipinski definition) is 1. The maximum absolute atomic E-state index is 13.4. The molecule has 0 aliphatic carbocycles. The molecule has 2 rings (SSSR count). The highest BCUT2D eigenvalue weighted by Crippen LogP contribution is 2.29. The molecule has 22 heavy (non-hydrogen) atoms. The Labute approximate surface area is 129 Å². The largest absolute Gasteiger partial charge is 0.495 e. The Morgan fingerprint density at radius 1 is 1.14 bits per heavy atom. The fourth-order valence-electron chi connectivity index (χ4n) is 2.11.